The molecule has 0 unspecified atom stereocenters. The van der Waals surface area contributed by atoms with Crippen LogP contribution in [0.25, 0.3) is 0 Å². The molecule has 6 heteroatoms. The van der Waals surface area contributed by atoms with Crippen LogP contribution in [-0.2, 0) is 6.54 Å². The van der Waals surface area contributed by atoms with E-state index in [1.807, 2.05) is 12.1 Å². The van der Waals surface area contributed by atoms with Crippen LogP contribution < -0.4 is 11.3 Å². The Kier molecular flexibility index (Phi) is 5.04. The van der Waals surface area contributed by atoms with Gasteiger partial charge in [0.2, 0.25) is 0 Å². The van der Waals surface area contributed by atoms with Gasteiger partial charge in [-0.2, -0.15) is 0 Å². The SMILES string of the molecule is Nc1ccc(=O)n(CCCSc2ccc(Br)cn2)c1. The number of pyridine rings is 2. The molecule has 4 nitrogen and oxygen atoms in total. The van der Waals surface area contributed by atoms with E-state index < -0.39 is 0 Å². The summed E-state index contributed by atoms with van der Waals surface area (Å²) >= 11 is 5.03. The average molecular weight is 340 g/mol. The zero-order chi connectivity index (χ0) is 13.7. The van der Waals surface area contributed by atoms with Crippen molar-refractivity contribution in [3.63, 3.8) is 0 Å². The zero-order valence-electron chi connectivity index (χ0n) is 10.3. The van der Waals surface area contributed by atoms with Crippen molar-refractivity contribution in [2.45, 2.75) is 18.0 Å². The molecule has 0 fully saturated rings. The second-order valence-electron chi connectivity index (χ2n) is 4.01. The van der Waals surface area contributed by atoms with Gasteiger partial charge >= 0.3 is 0 Å². The first kappa shape index (κ1) is 14.1. The average Bonchev–Trinajstić information content (AvgIpc) is 2.40. The van der Waals surface area contributed by atoms with Crippen LogP contribution in [0.3, 0.4) is 0 Å². The molecule has 0 saturated carbocycles. The largest absolute Gasteiger partial charge is 0.398 e. The lowest BCUT2D eigenvalue weighted by atomic mass is 10.4. The molecule has 0 spiro atoms. The molecule has 0 amide bonds. The standard InChI is InChI=1S/C13H14BrN3OS/c14-10-2-4-12(16-8-10)19-7-1-6-17-9-11(15)3-5-13(17)18/h2-5,8-9H,1,6-7,15H2. The van der Waals surface area contributed by atoms with Crippen LogP contribution in [0.15, 0.2) is 51.0 Å². The number of thioether (sulfide) groups is 1. The van der Waals surface area contributed by atoms with Crippen molar-refractivity contribution in [1.29, 1.82) is 0 Å². The second-order valence-corrected chi connectivity index (χ2v) is 6.04. The van der Waals surface area contributed by atoms with Crippen LogP contribution >= 0.6 is 27.7 Å². The summed E-state index contributed by atoms with van der Waals surface area (Å²) in [5, 5.41) is 0.989. The number of aryl methyl sites for hydroxylation is 1. The Bertz CT molecular complexity index is 598. The highest BCUT2D eigenvalue weighted by Crippen LogP contribution is 2.18. The summed E-state index contributed by atoms with van der Waals surface area (Å²) in [6.45, 7) is 0.674. The van der Waals surface area contributed by atoms with E-state index in [4.69, 9.17) is 5.73 Å². The van der Waals surface area contributed by atoms with Crippen molar-refractivity contribution < 1.29 is 0 Å². The van der Waals surface area contributed by atoms with Gasteiger partial charge in [-0.05, 0) is 40.5 Å². The maximum Gasteiger partial charge on any atom is 0.250 e. The van der Waals surface area contributed by atoms with Gasteiger partial charge in [0.1, 0.15) is 0 Å². The topological polar surface area (TPSA) is 60.9 Å². The normalized spacial score (nSPS) is 10.6. The molecule has 0 bridgehead atoms. The molecule has 0 radical (unpaired) electrons. The third-order valence-corrected chi connectivity index (χ3v) is 4.00. The Hall–Kier alpha value is -1.27. The van der Waals surface area contributed by atoms with E-state index in [-0.39, 0.29) is 5.56 Å². The van der Waals surface area contributed by atoms with Gasteiger partial charge in [-0.15, -0.1) is 11.8 Å². The molecule has 0 aliphatic rings. The van der Waals surface area contributed by atoms with Gasteiger partial charge in [0.15, 0.2) is 0 Å². The lowest BCUT2D eigenvalue weighted by molar-refractivity contribution is 0.660. The molecule has 0 atom stereocenters. The summed E-state index contributed by atoms with van der Waals surface area (Å²) in [6, 6.07) is 7.07. The highest BCUT2D eigenvalue weighted by molar-refractivity contribution is 9.10. The quantitative estimate of drug-likeness (QED) is 0.672. The number of aromatic nitrogens is 2. The molecule has 0 aliphatic heterocycles. The van der Waals surface area contributed by atoms with Gasteiger partial charge in [0.25, 0.3) is 5.56 Å². The van der Waals surface area contributed by atoms with Gasteiger partial charge in [0, 0.05) is 40.9 Å². The van der Waals surface area contributed by atoms with Crippen LogP contribution in [0, 0.1) is 0 Å². The second kappa shape index (κ2) is 6.77. The molecule has 2 heterocycles. The van der Waals surface area contributed by atoms with Crippen LogP contribution in [0.2, 0.25) is 0 Å². The van der Waals surface area contributed by atoms with Crippen molar-refractivity contribution in [3.05, 3.63) is 51.5 Å². The van der Waals surface area contributed by atoms with E-state index in [1.54, 1.807) is 34.8 Å². The van der Waals surface area contributed by atoms with E-state index in [9.17, 15) is 4.79 Å². The number of hydrogen-bond acceptors (Lipinski definition) is 4. The predicted octanol–water partition coefficient (Wildman–Crippen LogP) is 2.77. The van der Waals surface area contributed by atoms with Gasteiger partial charge in [0.05, 0.1) is 5.03 Å². The molecule has 0 aliphatic carbocycles. The maximum absolute atomic E-state index is 11.6. The van der Waals surface area contributed by atoms with Gasteiger partial charge in [-0.1, -0.05) is 0 Å². The highest BCUT2D eigenvalue weighted by atomic mass is 79.9. The smallest absolute Gasteiger partial charge is 0.250 e. The molecule has 0 saturated heterocycles. The predicted molar refractivity (Wildman–Crippen MR) is 82.4 cm³/mol. The number of nitrogens with two attached hydrogens (primary N) is 1. The summed E-state index contributed by atoms with van der Waals surface area (Å²) in [5.74, 6) is 0.913. The molecule has 0 aromatic carbocycles. The van der Waals surface area contributed by atoms with E-state index in [1.165, 1.54) is 6.07 Å². The Morgan fingerprint density at radius 3 is 2.89 bits per heavy atom. The first-order valence-corrected chi connectivity index (χ1v) is 7.63. The Balaban J connectivity index is 1.82. The fourth-order valence-electron chi connectivity index (χ4n) is 1.58. The Morgan fingerprint density at radius 2 is 2.16 bits per heavy atom. The number of rotatable bonds is 5. The van der Waals surface area contributed by atoms with Crippen LogP contribution in [0.5, 0.6) is 0 Å². The molecule has 2 rings (SSSR count). The summed E-state index contributed by atoms with van der Waals surface area (Å²) in [4.78, 5) is 15.8. The Labute approximate surface area is 124 Å². The van der Waals surface area contributed by atoms with Crippen molar-refractivity contribution in [1.82, 2.24) is 9.55 Å². The summed E-state index contributed by atoms with van der Waals surface area (Å²) in [7, 11) is 0. The highest BCUT2D eigenvalue weighted by Gasteiger charge is 1.99. The summed E-state index contributed by atoms with van der Waals surface area (Å²) < 4.78 is 2.62. The van der Waals surface area contributed by atoms with Crippen LogP contribution in [-0.4, -0.2) is 15.3 Å². The number of anilines is 1. The minimum absolute atomic E-state index is 0.0130. The molecule has 2 aromatic rings. The van der Waals surface area contributed by atoms with Gasteiger partial charge < -0.3 is 10.3 Å². The van der Waals surface area contributed by atoms with Crippen molar-refractivity contribution >= 4 is 33.4 Å². The third kappa shape index (κ3) is 4.40. The van der Waals surface area contributed by atoms with Gasteiger partial charge in [-0.25, -0.2) is 4.98 Å². The molecule has 100 valence electrons. The molecule has 2 aromatic heterocycles. The van der Waals surface area contributed by atoms with E-state index in [0.717, 1.165) is 21.7 Å². The fraction of sp³-hybridized carbons (Fsp3) is 0.231. The lowest BCUT2D eigenvalue weighted by Crippen LogP contribution is -2.19. The molecule has 19 heavy (non-hydrogen) atoms. The zero-order valence-corrected chi connectivity index (χ0v) is 12.7. The maximum atomic E-state index is 11.6. The van der Waals surface area contributed by atoms with E-state index in [0.29, 0.717) is 12.2 Å². The van der Waals surface area contributed by atoms with Crippen molar-refractivity contribution in [2.24, 2.45) is 0 Å². The summed E-state index contributed by atoms with van der Waals surface area (Å²) in [6.07, 6.45) is 4.36. The van der Waals surface area contributed by atoms with Crippen molar-refractivity contribution in [2.75, 3.05) is 11.5 Å². The minimum atomic E-state index is -0.0130. The molecule has 2 N–H and O–H groups in total. The first-order valence-electron chi connectivity index (χ1n) is 5.85. The minimum Gasteiger partial charge on any atom is -0.398 e. The third-order valence-electron chi connectivity index (χ3n) is 2.50. The van der Waals surface area contributed by atoms with Crippen LogP contribution in [0.1, 0.15) is 6.42 Å². The van der Waals surface area contributed by atoms with E-state index >= 15 is 0 Å². The van der Waals surface area contributed by atoms with E-state index in [2.05, 4.69) is 20.9 Å². The molecular weight excluding hydrogens is 326 g/mol. The monoisotopic (exact) mass is 339 g/mol. The number of hydrogen-bond donors (Lipinski definition) is 1. The van der Waals surface area contributed by atoms with Crippen LogP contribution in [0.4, 0.5) is 5.69 Å². The summed E-state index contributed by atoms with van der Waals surface area (Å²) in [5.41, 5.74) is 6.26. The van der Waals surface area contributed by atoms with Crippen molar-refractivity contribution in [3.8, 4) is 0 Å². The number of halogens is 1. The Morgan fingerprint density at radius 1 is 1.32 bits per heavy atom. The van der Waals surface area contributed by atoms with Gasteiger partial charge in [-0.3, -0.25) is 4.79 Å². The number of nitrogens with zero attached hydrogens (tertiary/aromatic N) is 2. The fourth-order valence-corrected chi connectivity index (χ4v) is 2.59. The first-order chi connectivity index (χ1) is 9.15. The molecular formula is C13H14BrN3OS. The number of nitrogen functional groups attached to an aromatic ring is 1. The lowest BCUT2D eigenvalue weighted by Gasteiger charge is -2.06.